The minimum atomic E-state index is -1.19. The molecule has 0 bridgehead atoms. The van der Waals surface area contributed by atoms with Crippen molar-refractivity contribution in [3.8, 4) is 17.1 Å². The van der Waals surface area contributed by atoms with Crippen molar-refractivity contribution in [2.45, 2.75) is 6.04 Å². The van der Waals surface area contributed by atoms with Gasteiger partial charge in [-0.1, -0.05) is 54.3 Å². The number of carboxylic acids is 1. The van der Waals surface area contributed by atoms with Gasteiger partial charge in [-0.25, -0.2) is 4.79 Å². The maximum Gasteiger partial charge on any atom is 0.331 e. The number of amides is 1. The fourth-order valence-electron chi connectivity index (χ4n) is 3.21. The Morgan fingerprint density at radius 2 is 1.84 bits per heavy atom. The molecule has 1 amide bonds. The average molecular weight is 452 g/mol. The number of hydrogen-bond acceptors (Lipinski definition) is 6. The van der Waals surface area contributed by atoms with Crippen molar-refractivity contribution in [1.82, 2.24) is 4.90 Å². The smallest absolute Gasteiger partial charge is 0.331 e. The molecule has 2 aromatic carbocycles. The predicted molar refractivity (Wildman–Crippen MR) is 123 cm³/mol. The van der Waals surface area contributed by atoms with Gasteiger partial charge in [-0.2, -0.15) is 0 Å². The lowest BCUT2D eigenvalue weighted by Gasteiger charge is -2.23. The monoisotopic (exact) mass is 451 g/mol. The van der Waals surface area contributed by atoms with Crippen molar-refractivity contribution >= 4 is 46.3 Å². The molecule has 8 heteroatoms. The summed E-state index contributed by atoms with van der Waals surface area (Å²) in [6.45, 7) is 0. The quantitative estimate of drug-likeness (QED) is 0.418. The number of thioether (sulfide) groups is 1. The molecule has 6 nitrogen and oxygen atoms in total. The lowest BCUT2D eigenvalue weighted by molar-refractivity contribution is -0.145. The maximum atomic E-state index is 13.0. The first kappa shape index (κ1) is 20.9. The third-order valence-electron chi connectivity index (χ3n) is 4.71. The van der Waals surface area contributed by atoms with Gasteiger partial charge >= 0.3 is 5.97 Å². The third-order valence-corrected chi connectivity index (χ3v) is 6.04. The average Bonchev–Trinajstić information content (AvgIpc) is 3.35. The van der Waals surface area contributed by atoms with Gasteiger partial charge in [0.15, 0.2) is 6.04 Å². The normalized spacial score (nSPS) is 16.0. The highest BCUT2D eigenvalue weighted by atomic mass is 32.2. The van der Waals surface area contributed by atoms with Crippen LogP contribution in [0.25, 0.3) is 17.4 Å². The molecule has 0 unspecified atom stereocenters. The molecule has 156 valence electrons. The van der Waals surface area contributed by atoms with E-state index in [0.717, 1.165) is 28.0 Å². The standard InChI is InChI=1S/C23H17NO5S2/c1-28-16-9-7-14(8-10-16)18-12-11-17(29-18)13-19-21(25)24(23(30)31-19)20(22(26)27)15-5-3-2-4-6-15/h2-13,20H,1H3,(H,26,27)/b19-13+/t20-/m1/s1. The van der Waals surface area contributed by atoms with Crippen LogP contribution in [0, 0.1) is 0 Å². The lowest BCUT2D eigenvalue weighted by Crippen LogP contribution is -2.37. The Morgan fingerprint density at radius 1 is 1.13 bits per heavy atom. The van der Waals surface area contributed by atoms with Crippen molar-refractivity contribution in [2.75, 3.05) is 7.11 Å². The predicted octanol–water partition coefficient (Wildman–Crippen LogP) is 4.98. The Morgan fingerprint density at radius 3 is 2.48 bits per heavy atom. The number of carbonyl (C=O) groups is 2. The van der Waals surface area contributed by atoms with Gasteiger partial charge < -0.3 is 14.3 Å². The van der Waals surface area contributed by atoms with Gasteiger partial charge in [0.05, 0.1) is 12.0 Å². The molecule has 1 aromatic heterocycles. The zero-order valence-electron chi connectivity index (χ0n) is 16.3. The van der Waals surface area contributed by atoms with Gasteiger partial charge in [-0.3, -0.25) is 9.69 Å². The first-order valence-corrected chi connectivity index (χ1v) is 10.5. The number of aliphatic carboxylic acids is 1. The van der Waals surface area contributed by atoms with Crippen LogP contribution < -0.4 is 4.74 Å². The number of nitrogens with zero attached hydrogens (tertiary/aromatic N) is 1. The third kappa shape index (κ3) is 4.26. The van der Waals surface area contributed by atoms with E-state index < -0.39 is 17.9 Å². The zero-order chi connectivity index (χ0) is 22.0. The molecule has 2 heterocycles. The molecule has 0 saturated carbocycles. The highest BCUT2D eigenvalue weighted by Gasteiger charge is 2.41. The molecule has 0 aliphatic carbocycles. The Bertz CT molecular complexity index is 1170. The van der Waals surface area contributed by atoms with Crippen LogP contribution in [0.3, 0.4) is 0 Å². The van der Waals surface area contributed by atoms with Crippen molar-refractivity contribution in [3.63, 3.8) is 0 Å². The Labute approximate surface area is 188 Å². The van der Waals surface area contributed by atoms with Crippen LogP contribution >= 0.6 is 24.0 Å². The van der Waals surface area contributed by atoms with Crippen LogP contribution in [-0.2, 0) is 9.59 Å². The SMILES string of the molecule is COc1ccc(-c2ccc(/C=C3/SC(=S)N([C@@H](C(=O)O)c4ccccc4)C3=O)o2)cc1. The summed E-state index contributed by atoms with van der Waals surface area (Å²) in [7, 11) is 1.60. The van der Waals surface area contributed by atoms with Crippen LogP contribution in [0.15, 0.2) is 76.1 Å². The molecular formula is C23H17NO5S2. The molecular weight excluding hydrogens is 434 g/mol. The van der Waals surface area contributed by atoms with Crippen molar-refractivity contribution in [2.24, 2.45) is 0 Å². The Kier molecular flexibility index (Phi) is 5.92. The highest BCUT2D eigenvalue weighted by Crippen LogP contribution is 2.38. The van der Waals surface area contributed by atoms with E-state index in [2.05, 4.69) is 0 Å². The zero-order valence-corrected chi connectivity index (χ0v) is 18.0. The van der Waals surface area contributed by atoms with Crippen molar-refractivity contribution in [1.29, 1.82) is 0 Å². The van der Waals surface area contributed by atoms with E-state index in [1.54, 1.807) is 55.7 Å². The molecule has 1 fully saturated rings. The molecule has 31 heavy (non-hydrogen) atoms. The summed E-state index contributed by atoms with van der Waals surface area (Å²) in [4.78, 5) is 26.4. The van der Waals surface area contributed by atoms with E-state index in [1.165, 1.54) is 0 Å². The second-order valence-electron chi connectivity index (χ2n) is 6.63. The molecule has 1 aliphatic rings. The van der Waals surface area contributed by atoms with E-state index in [9.17, 15) is 14.7 Å². The summed E-state index contributed by atoms with van der Waals surface area (Å²) in [6, 6.07) is 18.3. The Hall–Kier alpha value is -3.36. The number of methoxy groups -OCH3 is 1. The summed E-state index contributed by atoms with van der Waals surface area (Å²) in [5.74, 6) is 0.234. The number of hydrogen-bond donors (Lipinski definition) is 1. The van der Waals surface area contributed by atoms with E-state index in [0.29, 0.717) is 22.0 Å². The molecule has 3 aromatic rings. The molecule has 1 N–H and O–H groups in total. The number of benzene rings is 2. The van der Waals surface area contributed by atoms with Crippen LogP contribution in [0.4, 0.5) is 0 Å². The molecule has 1 aliphatic heterocycles. The summed E-state index contributed by atoms with van der Waals surface area (Å²) < 4.78 is 11.2. The topological polar surface area (TPSA) is 80.0 Å². The van der Waals surface area contributed by atoms with Crippen LogP contribution in [0.1, 0.15) is 17.4 Å². The van der Waals surface area contributed by atoms with Gasteiger partial charge in [0.25, 0.3) is 5.91 Å². The van der Waals surface area contributed by atoms with Gasteiger partial charge in [-0.05, 0) is 42.0 Å². The highest BCUT2D eigenvalue weighted by molar-refractivity contribution is 8.26. The molecule has 4 rings (SSSR count). The molecule has 1 atom stereocenters. The largest absolute Gasteiger partial charge is 0.497 e. The second kappa shape index (κ2) is 8.79. The van der Waals surface area contributed by atoms with Crippen LogP contribution in [-0.4, -0.2) is 33.3 Å². The lowest BCUT2D eigenvalue weighted by atomic mass is 10.1. The number of thiocarbonyl (C=S) groups is 1. The van der Waals surface area contributed by atoms with E-state index >= 15 is 0 Å². The number of ether oxygens (including phenoxy) is 1. The van der Waals surface area contributed by atoms with Crippen molar-refractivity contribution < 1.29 is 23.8 Å². The van der Waals surface area contributed by atoms with Gasteiger partial charge in [0, 0.05) is 11.6 Å². The number of carbonyl (C=O) groups excluding carboxylic acids is 1. The van der Waals surface area contributed by atoms with E-state index in [4.69, 9.17) is 21.4 Å². The number of rotatable bonds is 6. The summed E-state index contributed by atoms with van der Waals surface area (Å²) in [5, 5.41) is 9.76. The summed E-state index contributed by atoms with van der Waals surface area (Å²) in [5.41, 5.74) is 1.34. The second-order valence-corrected chi connectivity index (χ2v) is 8.31. The van der Waals surface area contributed by atoms with E-state index in [1.807, 2.05) is 24.3 Å². The first-order chi connectivity index (χ1) is 15.0. The fourth-order valence-corrected chi connectivity index (χ4v) is 4.50. The molecule has 0 spiro atoms. The van der Waals surface area contributed by atoms with Crippen LogP contribution in [0.5, 0.6) is 5.75 Å². The minimum Gasteiger partial charge on any atom is -0.497 e. The Balaban J connectivity index is 1.60. The number of furan rings is 1. The van der Waals surface area contributed by atoms with Gasteiger partial charge in [0.2, 0.25) is 0 Å². The number of carboxylic acid groups (broad SMARTS) is 1. The van der Waals surface area contributed by atoms with Gasteiger partial charge in [-0.15, -0.1) is 0 Å². The van der Waals surface area contributed by atoms with Crippen molar-refractivity contribution in [3.05, 3.63) is 83.0 Å². The van der Waals surface area contributed by atoms with Crippen LogP contribution in [0.2, 0.25) is 0 Å². The maximum absolute atomic E-state index is 13.0. The summed E-state index contributed by atoms with van der Waals surface area (Å²) in [6.07, 6.45) is 1.58. The van der Waals surface area contributed by atoms with E-state index in [-0.39, 0.29) is 4.32 Å². The molecule has 0 radical (unpaired) electrons. The fraction of sp³-hybridized carbons (Fsp3) is 0.0870. The minimum absolute atomic E-state index is 0.189. The molecule has 1 saturated heterocycles. The summed E-state index contributed by atoms with van der Waals surface area (Å²) >= 11 is 6.39. The van der Waals surface area contributed by atoms with Gasteiger partial charge in [0.1, 0.15) is 21.6 Å². The first-order valence-electron chi connectivity index (χ1n) is 9.27.